The molecule has 0 saturated heterocycles. The molecule has 0 unspecified atom stereocenters. The van der Waals surface area contributed by atoms with Crippen molar-refractivity contribution >= 4 is 34.5 Å². The number of hydrogen-bond donors (Lipinski definition) is 0. The maximum atomic E-state index is 13.7. The predicted molar refractivity (Wildman–Crippen MR) is 125 cm³/mol. The fourth-order valence-electron chi connectivity index (χ4n) is 3.91. The van der Waals surface area contributed by atoms with Crippen molar-refractivity contribution in [1.82, 2.24) is 9.88 Å². The Morgan fingerprint density at radius 1 is 0.941 bits per heavy atom. The molecule has 5 rings (SSSR count). The summed E-state index contributed by atoms with van der Waals surface area (Å²) in [5.41, 5.74) is 1.54. The van der Waals surface area contributed by atoms with Gasteiger partial charge in [-0.05, 0) is 42.0 Å². The van der Waals surface area contributed by atoms with E-state index in [2.05, 4.69) is 4.98 Å². The predicted octanol–water partition coefficient (Wildman–Crippen LogP) is 5.30. The van der Waals surface area contributed by atoms with Gasteiger partial charge in [-0.15, -0.1) is 0 Å². The molecule has 0 atom stereocenters. The smallest absolute Gasteiger partial charge is 0.265 e. The topological polar surface area (TPSA) is 68.7 Å². The van der Waals surface area contributed by atoms with Crippen LogP contribution < -0.4 is 4.74 Å². The van der Waals surface area contributed by atoms with Crippen LogP contribution in [0.4, 0.5) is 4.39 Å². The van der Waals surface area contributed by atoms with Crippen LogP contribution in [0.15, 0.2) is 82.7 Å². The zero-order valence-corrected chi connectivity index (χ0v) is 19.0. The van der Waals surface area contributed by atoms with E-state index in [0.29, 0.717) is 21.4 Å². The molecule has 0 fully saturated rings. The Hall–Kier alpha value is -3.75. The monoisotopic (exact) mass is 474 g/mol. The second-order valence-corrected chi connectivity index (χ2v) is 8.68. The van der Waals surface area contributed by atoms with Gasteiger partial charge in [-0.3, -0.25) is 19.5 Å². The lowest BCUT2D eigenvalue weighted by Crippen LogP contribution is -2.29. The fraction of sp³-hybridized carbons (Fsp3) is 0.115. The maximum absolute atomic E-state index is 13.7. The summed E-state index contributed by atoms with van der Waals surface area (Å²) in [4.78, 5) is 34.4. The summed E-state index contributed by atoms with van der Waals surface area (Å²) in [5, 5.41) is 0.700. The molecule has 170 valence electrons. The molecular formula is C26H19FN2O4S. The summed E-state index contributed by atoms with van der Waals surface area (Å²) in [7, 11) is 1.48. The van der Waals surface area contributed by atoms with Gasteiger partial charge in [0.15, 0.2) is 12.5 Å². The van der Waals surface area contributed by atoms with Gasteiger partial charge < -0.3 is 9.47 Å². The largest absolute Gasteiger partial charge is 0.464 e. The molecule has 1 aromatic heterocycles. The molecule has 0 N–H and O–H groups in total. The summed E-state index contributed by atoms with van der Waals surface area (Å²) < 4.78 is 24.3. The van der Waals surface area contributed by atoms with Crippen LogP contribution in [0, 0.1) is 5.82 Å². The van der Waals surface area contributed by atoms with Crippen molar-refractivity contribution in [2.24, 2.45) is 0 Å². The number of amides is 2. The van der Waals surface area contributed by atoms with Crippen LogP contribution in [-0.4, -0.2) is 35.6 Å². The molecule has 0 aliphatic carbocycles. The summed E-state index contributed by atoms with van der Waals surface area (Å²) >= 11 is 1.39. The number of rotatable bonds is 7. The molecule has 0 saturated carbocycles. The van der Waals surface area contributed by atoms with Crippen LogP contribution in [0.5, 0.6) is 5.75 Å². The molecule has 6 nitrogen and oxygen atoms in total. The van der Waals surface area contributed by atoms with E-state index >= 15 is 0 Å². The van der Waals surface area contributed by atoms with E-state index in [1.807, 2.05) is 36.4 Å². The lowest BCUT2D eigenvalue weighted by atomic mass is 10.0. The Morgan fingerprint density at radius 2 is 1.68 bits per heavy atom. The normalized spacial score (nSPS) is 12.9. The summed E-state index contributed by atoms with van der Waals surface area (Å²) in [6, 6.07) is 18.9. The third kappa shape index (κ3) is 3.91. The first-order valence-electron chi connectivity index (χ1n) is 10.5. The maximum Gasteiger partial charge on any atom is 0.265 e. The van der Waals surface area contributed by atoms with Crippen molar-refractivity contribution in [1.29, 1.82) is 0 Å². The minimum atomic E-state index is -0.488. The Bertz CT molecular complexity index is 1390. The number of carbonyl (C=O) groups is 2. The number of carbonyl (C=O) groups excluding carboxylic acids is 2. The molecule has 1 aliphatic heterocycles. The molecule has 0 spiro atoms. The lowest BCUT2D eigenvalue weighted by Gasteiger charge is -2.15. The van der Waals surface area contributed by atoms with Crippen molar-refractivity contribution in [2.75, 3.05) is 13.9 Å². The number of aromatic nitrogens is 1. The van der Waals surface area contributed by atoms with Crippen molar-refractivity contribution in [3.63, 3.8) is 0 Å². The summed E-state index contributed by atoms with van der Waals surface area (Å²) in [5.74, 6) is -1.10. The number of benzene rings is 3. The molecule has 4 aromatic rings. The molecule has 2 heterocycles. The van der Waals surface area contributed by atoms with E-state index in [4.69, 9.17) is 9.47 Å². The standard InChI is InChI=1S/C26H19FN2O4S/c1-32-15-33-23-20-21(26(31)29(25(20)30)14-16-9-11-17(27)12-10-16)24(19-8-5-13-28-22(19)23)34-18-6-3-2-4-7-18/h2-13H,14-15H2,1H3. The summed E-state index contributed by atoms with van der Waals surface area (Å²) in [6.07, 6.45) is 1.61. The Balaban J connectivity index is 1.69. The minimum absolute atomic E-state index is 0.00949. The Kier molecular flexibility index (Phi) is 6.00. The second kappa shape index (κ2) is 9.24. The van der Waals surface area contributed by atoms with E-state index in [1.165, 1.54) is 31.0 Å². The molecule has 0 bridgehead atoms. The number of ether oxygens (including phenoxy) is 2. The zero-order chi connectivity index (χ0) is 23.7. The Labute approximate surface area is 199 Å². The average Bonchev–Trinajstić information content (AvgIpc) is 3.10. The van der Waals surface area contributed by atoms with Crippen LogP contribution in [0.25, 0.3) is 10.9 Å². The third-order valence-corrected chi connectivity index (χ3v) is 6.56. The summed E-state index contributed by atoms with van der Waals surface area (Å²) in [6.45, 7) is -0.0989. The molecule has 34 heavy (non-hydrogen) atoms. The first-order chi connectivity index (χ1) is 16.6. The molecule has 8 heteroatoms. The number of pyridine rings is 1. The quantitative estimate of drug-likeness (QED) is 0.267. The lowest BCUT2D eigenvalue weighted by molar-refractivity contribution is 0.0505. The average molecular weight is 475 g/mol. The van der Waals surface area contributed by atoms with Gasteiger partial charge in [-0.2, -0.15) is 0 Å². The highest BCUT2D eigenvalue weighted by Crippen LogP contribution is 2.46. The van der Waals surface area contributed by atoms with Gasteiger partial charge in [0.1, 0.15) is 11.3 Å². The highest BCUT2D eigenvalue weighted by atomic mass is 32.2. The van der Waals surface area contributed by atoms with Crippen LogP contribution in [0.1, 0.15) is 26.3 Å². The van der Waals surface area contributed by atoms with Crippen LogP contribution in [0.3, 0.4) is 0 Å². The van der Waals surface area contributed by atoms with Crippen molar-refractivity contribution in [3.8, 4) is 5.75 Å². The highest BCUT2D eigenvalue weighted by molar-refractivity contribution is 7.99. The van der Waals surface area contributed by atoms with Crippen molar-refractivity contribution < 1.29 is 23.5 Å². The van der Waals surface area contributed by atoms with E-state index in [9.17, 15) is 14.0 Å². The fourth-order valence-corrected chi connectivity index (χ4v) is 5.00. The van der Waals surface area contributed by atoms with Gasteiger partial charge in [0.25, 0.3) is 11.8 Å². The number of methoxy groups -OCH3 is 1. The van der Waals surface area contributed by atoms with Crippen molar-refractivity contribution in [3.05, 3.63) is 95.4 Å². The number of imide groups is 1. The number of hydrogen-bond acceptors (Lipinski definition) is 6. The molecule has 3 aromatic carbocycles. The van der Waals surface area contributed by atoms with Crippen molar-refractivity contribution in [2.45, 2.75) is 16.3 Å². The highest BCUT2D eigenvalue weighted by Gasteiger charge is 2.42. The van der Waals surface area contributed by atoms with Gasteiger partial charge in [-0.25, -0.2) is 4.39 Å². The number of nitrogens with zero attached hydrogens (tertiary/aromatic N) is 2. The van der Waals surface area contributed by atoms with E-state index in [-0.39, 0.29) is 36.0 Å². The van der Waals surface area contributed by atoms with Crippen LogP contribution in [0.2, 0.25) is 0 Å². The van der Waals surface area contributed by atoms with Crippen LogP contribution >= 0.6 is 11.8 Å². The number of fused-ring (bicyclic) bond motifs is 2. The van der Waals surface area contributed by atoms with Gasteiger partial charge in [0.05, 0.1) is 17.7 Å². The van der Waals surface area contributed by atoms with E-state index in [0.717, 1.165) is 9.80 Å². The first-order valence-corrected chi connectivity index (χ1v) is 11.3. The molecule has 1 aliphatic rings. The first kappa shape index (κ1) is 22.1. The minimum Gasteiger partial charge on any atom is -0.464 e. The van der Waals surface area contributed by atoms with Gasteiger partial charge in [-0.1, -0.05) is 42.1 Å². The van der Waals surface area contributed by atoms with E-state index in [1.54, 1.807) is 24.4 Å². The SMILES string of the molecule is COCOc1c2c(c(Sc3ccccc3)c3cccnc13)C(=O)N(Cc1ccc(F)cc1)C2=O. The third-order valence-electron chi connectivity index (χ3n) is 5.43. The molecule has 0 radical (unpaired) electrons. The van der Waals surface area contributed by atoms with Gasteiger partial charge in [0.2, 0.25) is 0 Å². The Morgan fingerprint density at radius 3 is 2.41 bits per heavy atom. The number of halogens is 1. The van der Waals surface area contributed by atoms with E-state index < -0.39 is 11.8 Å². The molecule has 2 amide bonds. The van der Waals surface area contributed by atoms with Gasteiger partial charge >= 0.3 is 0 Å². The van der Waals surface area contributed by atoms with Crippen LogP contribution in [-0.2, 0) is 11.3 Å². The van der Waals surface area contributed by atoms with Gasteiger partial charge in [0, 0.05) is 28.5 Å². The molecular weight excluding hydrogens is 455 g/mol. The zero-order valence-electron chi connectivity index (χ0n) is 18.2. The second-order valence-electron chi connectivity index (χ2n) is 7.60.